The Morgan fingerprint density at radius 1 is 1.82 bits per heavy atom. The van der Waals surface area contributed by atoms with Gasteiger partial charge in [0.25, 0.3) is 0 Å². The highest BCUT2D eigenvalue weighted by Crippen LogP contribution is 2.07. The lowest BCUT2D eigenvalue weighted by Crippen LogP contribution is -2.14. The number of hydrogen-bond acceptors (Lipinski definition) is 3. The van der Waals surface area contributed by atoms with Crippen LogP contribution in [-0.4, -0.2) is 19.6 Å². The van der Waals surface area contributed by atoms with Crippen LogP contribution in [0.25, 0.3) is 0 Å². The van der Waals surface area contributed by atoms with Crippen molar-refractivity contribution in [3.63, 3.8) is 0 Å². The zero-order valence-electron chi connectivity index (χ0n) is 6.26. The third-order valence-corrected chi connectivity index (χ3v) is 1.23. The topological polar surface area (TPSA) is 52.3 Å². The maximum Gasteiger partial charge on any atom is 0.335 e. The van der Waals surface area contributed by atoms with E-state index < -0.39 is 5.97 Å². The summed E-state index contributed by atoms with van der Waals surface area (Å²) in [4.78, 5) is 10.8. The second kappa shape index (κ2) is 5.09. The Labute approximate surface area is 74.0 Å². The maximum atomic E-state index is 10.8. The molecule has 0 aliphatic carbocycles. The molecule has 11 heavy (non-hydrogen) atoms. The van der Waals surface area contributed by atoms with E-state index in [1.54, 1.807) is 0 Å². The quantitative estimate of drug-likeness (QED) is 0.437. The van der Waals surface area contributed by atoms with Crippen LogP contribution in [-0.2, 0) is 9.53 Å². The molecular formula is C7H10BrNO2. The van der Waals surface area contributed by atoms with Crippen LogP contribution in [0.2, 0.25) is 0 Å². The van der Waals surface area contributed by atoms with Crippen molar-refractivity contribution in [1.82, 2.24) is 0 Å². The van der Waals surface area contributed by atoms with Crippen molar-refractivity contribution in [3.05, 3.63) is 22.7 Å². The minimum absolute atomic E-state index is 0.150. The smallest absolute Gasteiger partial charge is 0.335 e. The molecule has 0 aromatic carbocycles. The van der Waals surface area contributed by atoms with E-state index in [1.807, 2.05) is 0 Å². The SMILES string of the molecule is C=C(Br)/C=C(\CN)C(=O)OC. The molecule has 0 fully saturated rings. The third-order valence-electron chi connectivity index (χ3n) is 0.998. The number of methoxy groups -OCH3 is 1. The van der Waals surface area contributed by atoms with Gasteiger partial charge in [0.1, 0.15) is 0 Å². The molecule has 4 heteroatoms. The van der Waals surface area contributed by atoms with Crippen LogP contribution in [0.3, 0.4) is 0 Å². The molecule has 0 saturated carbocycles. The molecule has 0 rings (SSSR count). The molecule has 0 bridgehead atoms. The van der Waals surface area contributed by atoms with Crippen molar-refractivity contribution >= 4 is 21.9 Å². The van der Waals surface area contributed by atoms with E-state index >= 15 is 0 Å². The fourth-order valence-electron chi connectivity index (χ4n) is 0.521. The van der Waals surface area contributed by atoms with Gasteiger partial charge < -0.3 is 10.5 Å². The first-order chi connectivity index (χ1) is 5.11. The van der Waals surface area contributed by atoms with Gasteiger partial charge >= 0.3 is 5.97 Å². The molecule has 0 aromatic rings. The lowest BCUT2D eigenvalue weighted by molar-refractivity contribution is -0.136. The zero-order chi connectivity index (χ0) is 8.85. The normalized spacial score (nSPS) is 11.0. The van der Waals surface area contributed by atoms with Gasteiger partial charge in [-0.25, -0.2) is 4.79 Å². The fourth-order valence-corrected chi connectivity index (χ4v) is 0.798. The highest BCUT2D eigenvalue weighted by Gasteiger charge is 2.05. The van der Waals surface area contributed by atoms with Gasteiger partial charge in [0, 0.05) is 11.0 Å². The van der Waals surface area contributed by atoms with Crippen LogP contribution in [0, 0.1) is 0 Å². The second-order valence-corrected chi connectivity index (χ2v) is 2.83. The third kappa shape index (κ3) is 3.95. The first kappa shape index (κ1) is 10.4. The molecule has 0 spiro atoms. The number of allylic oxidation sites excluding steroid dienone is 2. The molecule has 0 atom stereocenters. The Kier molecular flexibility index (Phi) is 4.81. The van der Waals surface area contributed by atoms with Crippen molar-refractivity contribution in [1.29, 1.82) is 0 Å². The molecule has 0 aliphatic heterocycles. The van der Waals surface area contributed by atoms with Crippen LogP contribution >= 0.6 is 15.9 Å². The summed E-state index contributed by atoms with van der Waals surface area (Å²) in [5, 5.41) is 0. The summed E-state index contributed by atoms with van der Waals surface area (Å²) in [5.74, 6) is -0.423. The summed E-state index contributed by atoms with van der Waals surface area (Å²) in [6.45, 7) is 3.69. The molecule has 0 heterocycles. The maximum absolute atomic E-state index is 10.8. The monoisotopic (exact) mass is 219 g/mol. The molecule has 0 aromatic heterocycles. The number of ether oxygens (including phenoxy) is 1. The summed E-state index contributed by atoms with van der Waals surface area (Å²) < 4.78 is 5.06. The lowest BCUT2D eigenvalue weighted by atomic mass is 10.2. The predicted octanol–water partition coefficient (Wildman–Crippen LogP) is 0.953. The first-order valence-corrected chi connectivity index (χ1v) is 3.74. The summed E-state index contributed by atoms with van der Waals surface area (Å²) in [6.07, 6.45) is 1.53. The van der Waals surface area contributed by atoms with E-state index in [1.165, 1.54) is 13.2 Å². The highest BCUT2D eigenvalue weighted by molar-refractivity contribution is 9.11. The van der Waals surface area contributed by atoms with Crippen LogP contribution in [0.5, 0.6) is 0 Å². The van der Waals surface area contributed by atoms with Gasteiger partial charge in [-0.2, -0.15) is 0 Å². The van der Waals surface area contributed by atoms with Crippen molar-refractivity contribution in [2.24, 2.45) is 5.73 Å². The van der Waals surface area contributed by atoms with Gasteiger partial charge in [-0.1, -0.05) is 22.5 Å². The van der Waals surface area contributed by atoms with Gasteiger partial charge in [0.2, 0.25) is 0 Å². The first-order valence-electron chi connectivity index (χ1n) is 2.95. The summed E-state index contributed by atoms with van der Waals surface area (Å²) in [6, 6.07) is 0. The van der Waals surface area contributed by atoms with Gasteiger partial charge in [-0.05, 0) is 6.08 Å². The standard InChI is InChI=1S/C7H10BrNO2/c1-5(8)3-6(4-9)7(10)11-2/h3H,1,4,9H2,2H3/b6-3+. The molecule has 0 aliphatic rings. The number of esters is 1. The zero-order valence-corrected chi connectivity index (χ0v) is 7.85. The Bertz CT molecular complexity index is 199. The number of halogens is 1. The van der Waals surface area contributed by atoms with Gasteiger partial charge in [-0.15, -0.1) is 0 Å². The minimum atomic E-state index is -0.423. The van der Waals surface area contributed by atoms with Gasteiger partial charge in [0.15, 0.2) is 0 Å². The number of nitrogens with two attached hydrogens (primary N) is 1. The molecule has 0 radical (unpaired) electrons. The molecule has 0 amide bonds. The molecule has 2 N–H and O–H groups in total. The van der Waals surface area contributed by atoms with E-state index in [4.69, 9.17) is 5.73 Å². The van der Waals surface area contributed by atoms with E-state index in [9.17, 15) is 4.79 Å². The van der Waals surface area contributed by atoms with E-state index in [-0.39, 0.29) is 6.54 Å². The Morgan fingerprint density at radius 2 is 2.36 bits per heavy atom. The number of hydrogen-bond donors (Lipinski definition) is 1. The molecular weight excluding hydrogens is 210 g/mol. The van der Waals surface area contributed by atoms with Crippen LogP contribution in [0.1, 0.15) is 0 Å². The molecule has 3 nitrogen and oxygen atoms in total. The summed E-state index contributed by atoms with van der Waals surface area (Å²) in [7, 11) is 1.31. The van der Waals surface area contributed by atoms with Crippen molar-refractivity contribution in [2.45, 2.75) is 0 Å². The van der Waals surface area contributed by atoms with Gasteiger partial charge in [0.05, 0.1) is 12.7 Å². The Balaban J connectivity index is 4.39. The Morgan fingerprint density at radius 3 is 2.64 bits per heavy atom. The minimum Gasteiger partial charge on any atom is -0.466 e. The summed E-state index contributed by atoms with van der Waals surface area (Å²) >= 11 is 3.08. The van der Waals surface area contributed by atoms with E-state index in [0.717, 1.165) is 0 Å². The van der Waals surface area contributed by atoms with E-state index in [0.29, 0.717) is 10.1 Å². The number of carbonyl (C=O) groups excluding carboxylic acids is 1. The largest absolute Gasteiger partial charge is 0.466 e. The van der Waals surface area contributed by atoms with Crippen molar-refractivity contribution < 1.29 is 9.53 Å². The van der Waals surface area contributed by atoms with Crippen LogP contribution < -0.4 is 5.73 Å². The number of rotatable bonds is 3. The average Bonchev–Trinajstić information content (AvgIpc) is 1.98. The van der Waals surface area contributed by atoms with E-state index in [2.05, 4.69) is 27.2 Å². The van der Waals surface area contributed by atoms with Crippen LogP contribution in [0.15, 0.2) is 22.7 Å². The molecule has 62 valence electrons. The highest BCUT2D eigenvalue weighted by atomic mass is 79.9. The number of carbonyl (C=O) groups is 1. The predicted molar refractivity (Wildman–Crippen MR) is 47.2 cm³/mol. The molecule has 0 unspecified atom stereocenters. The Hall–Kier alpha value is -0.610. The van der Waals surface area contributed by atoms with Crippen molar-refractivity contribution in [3.8, 4) is 0 Å². The van der Waals surface area contributed by atoms with Crippen LogP contribution in [0.4, 0.5) is 0 Å². The fraction of sp³-hybridized carbons (Fsp3) is 0.286. The average molecular weight is 220 g/mol. The summed E-state index contributed by atoms with van der Waals surface area (Å²) in [5.41, 5.74) is 5.66. The van der Waals surface area contributed by atoms with Gasteiger partial charge in [-0.3, -0.25) is 0 Å². The lowest BCUT2D eigenvalue weighted by Gasteiger charge is -2.00. The van der Waals surface area contributed by atoms with Crippen molar-refractivity contribution in [2.75, 3.05) is 13.7 Å². The molecule has 0 saturated heterocycles. The second-order valence-electron chi connectivity index (χ2n) is 1.81.